The van der Waals surface area contributed by atoms with Gasteiger partial charge in [-0.3, -0.25) is 4.79 Å². The average molecular weight is 499 g/mol. The van der Waals surface area contributed by atoms with E-state index in [1.54, 1.807) is 13.8 Å². The normalized spacial score (nSPS) is 12.0. The SMILES string of the molecule is CCC[NH+](CCC)Cc1c(O)ccc2c(=O)c(Oc3cc(C)c(Cl)c(C)c3)c(C(F)(F)F)oc12. The summed E-state index contributed by atoms with van der Waals surface area (Å²) in [4.78, 5) is 14.3. The zero-order valence-electron chi connectivity index (χ0n) is 19.5. The van der Waals surface area contributed by atoms with E-state index in [4.69, 9.17) is 20.8 Å². The molecule has 0 bridgehead atoms. The third kappa shape index (κ3) is 5.33. The van der Waals surface area contributed by atoms with Crippen LogP contribution < -0.4 is 15.1 Å². The van der Waals surface area contributed by atoms with Gasteiger partial charge < -0.3 is 19.2 Å². The van der Waals surface area contributed by atoms with Gasteiger partial charge in [0.05, 0.1) is 24.0 Å². The molecule has 0 radical (unpaired) electrons. The molecule has 0 atom stereocenters. The van der Waals surface area contributed by atoms with E-state index in [0.717, 1.165) is 30.8 Å². The molecule has 0 saturated heterocycles. The van der Waals surface area contributed by atoms with Crippen molar-refractivity contribution in [3.8, 4) is 17.2 Å². The molecule has 0 aliphatic rings. The Hall–Kier alpha value is -2.71. The maximum atomic E-state index is 14.0. The highest BCUT2D eigenvalue weighted by molar-refractivity contribution is 6.32. The first-order valence-electron chi connectivity index (χ1n) is 11.1. The lowest BCUT2D eigenvalue weighted by molar-refractivity contribution is -0.913. The highest BCUT2D eigenvalue weighted by atomic mass is 35.5. The maximum Gasteiger partial charge on any atom is 0.453 e. The lowest BCUT2D eigenvalue weighted by atomic mass is 10.1. The van der Waals surface area contributed by atoms with E-state index in [2.05, 4.69) is 0 Å². The van der Waals surface area contributed by atoms with Gasteiger partial charge in [0, 0.05) is 5.02 Å². The molecule has 0 saturated carbocycles. The summed E-state index contributed by atoms with van der Waals surface area (Å²) in [7, 11) is 0. The van der Waals surface area contributed by atoms with Gasteiger partial charge in [0.1, 0.15) is 18.0 Å². The molecule has 34 heavy (non-hydrogen) atoms. The van der Waals surface area contributed by atoms with E-state index < -0.39 is 23.1 Å². The maximum absolute atomic E-state index is 14.0. The summed E-state index contributed by atoms with van der Waals surface area (Å²) in [6.07, 6.45) is -3.28. The van der Waals surface area contributed by atoms with Gasteiger partial charge >= 0.3 is 6.18 Å². The Morgan fingerprint density at radius 1 is 1.09 bits per heavy atom. The number of aryl methyl sites for hydroxylation is 2. The number of phenols is 1. The molecule has 0 aliphatic carbocycles. The van der Waals surface area contributed by atoms with Crippen molar-refractivity contribution in [2.75, 3.05) is 13.1 Å². The van der Waals surface area contributed by atoms with Crippen LogP contribution in [0.3, 0.4) is 0 Å². The summed E-state index contributed by atoms with van der Waals surface area (Å²) in [5, 5.41) is 10.8. The summed E-state index contributed by atoms with van der Waals surface area (Å²) in [5.41, 5.74) is 0.113. The van der Waals surface area contributed by atoms with Crippen LogP contribution in [0.4, 0.5) is 13.2 Å². The summed E-state index contributed by atoms with van der Waals surface area (Å²) >= 11 is 6.14. The molecular weight excluding hydrogens is 471 g/mol. The molecule has 1 heterocycles. The number of nitrogens with one attached hydrogen (secondary N) is 1. The van der Waals surface area contributed by atoms with E-state index >= 15 is 0 Å². The Kier molecular flexibility index (Phi) is 7.83. The van der Waals surface area contributed by atoms with Crippen molar-refractivity contribution in [2.45, 2.75) is 53.3 Å². The van der Waals surface area contributed by atoms with Gasteiger partial charge in [-0.2, -0.15) is 13.2 Å². The number of alkyl halides is 3. The van der Waals surface area contributed by atoms with Crippen LogP contribution in [0.5, 0.6) is 17.2 Å². The Morgan fingerprint density at radius 3 is 2.21 bits per heavy atom. The van der Waals surface area contributed by atoms with Gasteiger partial charge in [0.2, 0.25) is 11.2 Å². The molecule has 0 spiro atoms. The molecule has 1 aromatic heterocycles. The number of aromatic hydroxyl groups is 1. The fourth-order valence-electron chi connectivity index (χ4n) is 4.08. The van der Waals surface area contributed by atoms with Crippen molar-refractivity contribution < 1.29 is 32.3 Å². The van der Waals surface area contributed by atoms with Gasteiger partial charge in [-0.15, -0.1) is 0 Å². The number of ether oxygens (including phenoxy) is 1. The fraction of sp³-hybridized carbons (Fsp3) is 0.400. The minimum atomic E-state index is -5.00. The number of hydrogen-bond acceptors (Lipinski definition) is 4. The lowest BCUT2D eigenvalue weighted by Gasteiger charge is -2.20. The highest BCUT2D eigenvalue weighted by Gasteiger charge is 2.41. The van der Waals surface area contributed by atoms with Crippen molar-refractivity contribution in [3.63, 3.8) is 0 Å². The number of halogens is 4. The standard InChI is InChI=1S/C25H27ClF3NO4/c1-5-9-30(10-6-2)13-18-19(31)8-7-17-21(32)23(24(25(27,28)29)34-22(17)18)33-16-11-14(3)20(26)15(4)12-16/h7-8,11-12,31H,5-6,9-10,13H2,1-4H3/p+1. The van der Waals surface area contributed by atoms with Crippen LogP contribution in [-0.2, 0) is 12.7 Å². The largest absolute Gasteiger partial charge is 0.507 e. The van der Waals surface area contributed by atoms with Crippen LogP contribution >= 0.6 is 11.6 Å². The topological polar surface area (TPSA) is 64.1 Å². The predicted molar refractivity (Wildman–Crippen MR) is 125 cm³/mol. The molecule has 2 N–H and O–H groups in total. The average Bonchev–Trinajstić information content (AvgIpc) is 2.75. The lowest BCUT2D eigenvalue weighted by Crippen LogP contribution is -3.10. The van der Waals surface area contributed by atoms with Crippen LogP contribution in [0.15, 0.2) is 33.5 Å². The number of rotatable bonds is 8. The summed E-state index contributed by atoms with van der Waals surface area (Å²) in [5.74, 6) is -2.68. The van der Waals surface area contributed by atoms with Gasteiger partial charge in [0.25, 0.3) is 5.76 Å². The molecule has 3 aromatic rings. The first kappa shape index (κ1) is 25.9. The van der Waals surface area contributed by atoms with E-state index in [0.29, 0.717) is 16.1 Å². The number of benzene rings is 2. The Labute approximate surface area is 200 Å². The summed E-state index contributed by atoms with van der Waals surface area (Å²) < 4.78 is 52.8. The predicted octanol–water partition coefficient (Wildman–Crippen LogP) is 5.78. The minimum absolute atomic E-state index is 0.0389. The molecule has 184 valence electrons. The number of phenolic OH excluding ortho intramolecular Hbond substituents is 1. The van der Waals surface area contributed by atoms with Crippen LogP contribution in [0.2, 0.25) is 5.02 Å². The Balaban J connectivity index is 2.23. The monoisotopic (exact) mass is 498 g/mol. The molecule has 0 aliphatic heterocycles. The molecule has 0 amide bonds. The van der Waals surface area contributed by atoms with Gasteiger partial charge in [0.15, 0.2) is 5.58 Å². The van der Waals surface area contributed by atoms with E-state index in [1.807, 2.05) is 13.8 Å². The molecule has 0 fully saturated rings. The van der Waals surface area contributed by atoms with E-state index in [-0.39, 0.29) is 34.6 Å². The minimum Gasteiger partial charge on any atom is -0.507 e. The molecule has 2 aromatic carbocycles. The Bertz CT molecular complexity index is 1220. The van der Waals surface area contributed by atoms with Gasteiger partial charge in [-0.25, -0.2) is 0 Å². The van der Waals surface area contributed by atoms with Crippen molar-refractivity contribution in [3.05, 3.63) is 62.0 Å². The van der Waals surface area contributed by atoms with Gasteiger partial charge in [-0.05, 0) is 62.1 Å². The van der Waals surface area contributed by atoms with Crippen LogP contribution in [0.25, 0.3) is 11.0 Å². The van der Waals surface area contributed by atoms with Crippen molar-refractivity contribution in [1.82, 2.24) is 0 Å². The van der Waals surface area contributed by atoms with Crippen molar-refractivity contribution in [1.29, 1.82) is 0 Å². The number of hydrogen-bond donors (Lipinski definition) is 2. The molecule has 3 rings (SSSR count). The Morgan fingerprint density at radius 2 is 1.68 bits per heavy atom. The van der Waals surface area contributed by atoms with E-state index in [9.17, 15) is 23.1 Å². The summed E-state index contributed by atoms with van der Waals surface area (Å²) in [6, 6.07) is 5.47. The van der Waals surface area contributed by atoms with Crippen LogP contribution in [-0.4, -0.2) is 18.2 Å². The molecule has 5 nitrogen and oxygen atoms in total. The quantitative estimate of drug-likeness (QED) is 0.413. The second-order valence-electron chi connectivity index (χ2n) is 8.43. The van der Waals surface area contributed by atoms with E-state index in [1.165, 1.54) is 24.3 Å². The molecule has 9 heteroatoms. The zero-order valence-corrected chi connectivity index (χ0v) is 20.3. The zero-order chi connectivity index (χ0) is 25.2. The van der Waals surface area contributed by atoms with Crippen LogP contribution in [0, 0.1) is 13.8 Å². The van der Waals surface area contributed by atoms with Crippen molar-refractivity contribution >= 4 is 22.6 Å². The number of fused-ring (bicyclic) bond motifs is 1. The molecular formula is C25H28ClF3NO4+. The van der Waals surface area contributed by atoms with Crippen molar-refractivity contribution in [2.24, 2.45) is 0 Å². The third-order valence-corrected chi connectivity index (χ3v) is 6.21. The first-order chi connectivity index (χ1) is 16.0. The fourth-order valence-corrected chi connectivity index (χ4v) is 4.19. The summed E-state index contributed by atoms with van der Waals surface area (Å²) in [6.45, 7) is 9.12. The van der Waals surface area contributed by atoms with Crippen LogP contribution in [0.1, 0.15) is 49.1 Å². The van der Waals surface area contributed by atoms with Gasteiger partial charge in [-0.1, -0.05) is 25.4 Å². The first-order valence-corrected chi connectivity index (χ1v) is 11.5. The highest BCUT2D eigenvalue weighted by Crippen LogP contribution is 2.40. The molecule has 0 unspecified atom stereocenters. The number of quaternary nitrogens is 1. The second kappa shape index (κ2) is 10.3. The smallest absolute Gasteiger partial charge is 0.453 e. The second-order valence-corrected chi connectivity index (χ2v) is 8.80. The third-order valence-electron chi connectivity index (χ3n) is 5.62.